The number of aromatic amines is 2. The van der Waals surface area contributed by atoms with Crippen LogP contribution in [0.2, 0.25) is 0 Å². The number of ketones is 1. The molecule has 182 valence electrons. The minimum Gasteiger partial charge on any atom is -0.511 e. The number of hydrogen-bond acceptors (Lipinski definition) is 2. The first kappa shape index (κ1) is 23.7. The van der Waals surface area contributed by atoms with Crippen LogP contribution in [0.5, 0.6) is 0 Å². The van der Waals surface area contributed by atoms with Crippen molar-refractivity contribution in [3.8, 4) is 0 Å². The number of H-pyrrole nitrogens is 2. The van der Waals surface area contributed by atoms with E-state index in [9.17, 15) is 9.90 Å². The summed E-state index contributed by atoms with van der Waals surface area (Å²) < 4.78 is 0. The van der Waals surface area contributed by atoms with Gasteiger partial charge >= 0.3 is 0 Å². The van der Waals surface area contributed by atoms with Crippen molar-refractivity contribution in [2.75, 3.05) is 0 Å². The predicted octanol–water partition coefficient (Wildman–Crippen LogP) is 8.16. The molecule has 0 aliphatic heterocycles. The monoisotopic (exact) mass is 476 g/mol. The molecule has 0 saturated carbocycles. The number of carbonyl (C=O) groups excluding carboxylic acids is 1. The van der Waals surface area contributed by atoms with E-state index in [-0.39, 0.29) is 11.5 Å². The lowest BCUT2D eigenvalue weighted by molar-refractivity contribution is -0.110. The molecule has 4 nitrogen and oxygen atoms in total. The van der Waals surface area contributed by atoms with Crippen LogP contribution in [0.25, 0.3) is 33.0 Å². The Kier molecular flexibility index (Phi) is 5.83. The fraction of sp³-hybridized carbons (Fsp3) is 0.219. The van der Waals surface area contributed by atoms with E-state index in [1.165, 1.54) is 0 Å². The predicted molar refractivity (Wildman–Crippen MR) is 150 cm³/mol. The van der Waals surface area contributed by atoms with Gasteiger partial charge in [-0.05, 0) is 38.0 Å². The van der Waals surface area contributed by atoms with Gasteiger partial charge in [0.2, 0.25) is 0 Å². The molecule has 0 atom stereocenters. The SMILES string of the molecule is C=CC(C)(C)c1[nH]c2ccccc2c1C1=C(O)CC(c2c[nH]c3ccccc23)=C(CC=C(C)C)C1=O. The van der Waals surface area contributed by atoms with Gasteiger partial charge in [-0.2, -0.15) is 0 Å². The molecule has 0 bridgehead atoms. The Morgan fingerprint density at radius 2 is 1.72 bits per heavy atom. The van der Waals surface area contributed by atoms with Gasteiger partial charge in [0.1, 0.15) is 5.76 Å². The second-order valence-electron chi connectivity index (χ2n) is 10.4. The zero-order valence-electron chi connectivity index (χ0n) is 21.3. The first-order chi connectivity index (χ1) is 17.2. The van der Waals surface area contributed by atoms with Crippen molar-refractivity contribution in [1.29, 1.82) is 0 Å². The molecule has 0 unspecified atom stereocenters. The Bertz CT molecular complexity index is 1610. The molecule has 0 fully saturated rings. The highest BCUT2D eigenvalue weighted by atomic mass is 16.3. The average Bonchev–Trinajstić information content (AvgIpc) is 3.46. The number of aliphatic hydroxyl groups is 1. The standard InChI is InChI=1S/C32H32N2O2/c1-6-32(4,5)31-28(22-12-8-10-14-26(22)34-31)29-27(35)17-23(21(30(29)36)16-15-19(2)3)24-18-33-25-13-9-7-11-20(24)25/h6-15,18,33-35H,1,16-17H2,2-5H3. The molecule has 0 spiro atoms. The van der Waals surface area contributed by atoms with Crippen LogP contribution in [0.1, 0.15) is 57.4 Å². The first-order valence-electron chi connectivity index (χ1n) is 12.4. The van der Waals surface area contributed by atoms with E-state index in [4.69, 9.17) is 0 Å². The lowest BCUT2D eigenvalue weighted by Gasteiger charge is -2.26. The van der Waals surface area contributed by atoms with Crippen LogP contribution in [0.3, 0.4) is 0 Å². The largest absolute Gasteiger partial charge is 0.511 e. The molecule has 1 aliphatic carbocycles. The minimum atomic E-state index is -0.428. The van der Waals surface area contributed by atoms with E-state index in [1.807, 2.05) is 68.6 Å². The van der Waals surface area contributed by atoms with E-state index in [0.717, 1.165) is 55.3 Å². The lowest BCUT2D eigenvalue weighted by Crippen LogP contribution is -2.20. The summed E-state index contributed by atoms with van der Waals surface area (Å²) in [6, 6.07) is 16.0. The molecular weight excluding hydrogens is 444 g/mol. The summed E-state index contributed by atoms with van der Waals surface area (Å²) in [6.07, 6.45) is 6.72. The quantitative estimate of drug-likeness (QED) is 0.246. The van der Waals surface area contributed by atoms with E-state index in [0.29, 0.717) is 18.4 Å². The maximum absolute atomic E-state index is 14.3. The Balaban J connectivity index is 1.76. The number of rotatable bonds is 6. The number of fused-ring (bicyclic) bond motifs is 2. The molecule has 2 aromatic carbocycles. The summed E-state index contributed by atoms with van der Waals surface area (Å²) in [5.74, 6) is -0.0190. The molecular formula is C32H32N2O2. The highest BCUT2D eigenvalue weighted by Crippen LogP contribution is 2.45. The normalized spacial score (nSPS) is 14.7. The molecule has 4 heteroatoms. The minimum absolute atomic E-state index is 0.104. The van der Waals surface area contributed by atoms with Gasteiger partial charge in [-0.3, -0.25) is 4.79 Å². The van der Waals surface area contributed by atoms with Gasteiger partial charge in [-0.15, -0.1) is 6.58 Å². The number of aliphatic hydroxyl groups excluding tert-OH is 1. The van der Waals surface area contributed by atoms with Gasteiger partial charge in [-0.25, -0.2) is 0 Å². The topological polar surface area (TPSA) is 68.9 Å². The van der Waals surface area contributed by atoms with Crippen molar-refractivity contribution in [3.63, 3.8) is 0 Å². The number of carbonyl (C=O) groups is 1. The number of nitrogens with one attached hydrogen (secondary N) is 2. The Morgan fingerprint density at radius 3 is 2.42 bits per heavy atom. The van der Waals surface area contributed by atoms with E-state index < -0.39 is 5.41 Å². The zero-order valence-corrected chi connectivity index (χ0v) is 21.3. The highest BCUT2D eigenvalue weighted by Gasteiger charge is 2.35. The number of allylic oxidation sites excluding steroid dienone is 6. The summed E-state index contributed by atoms with van der Waals surface area (Å²) in [5, 5.41) is 13.5. The summed E-state index contributed by atoms with van der Waals surface area (Å²) in [4.78, 5) is 21.2. The third kappa shape index (κ3) is 3.83. The van der Waals surface area contributed by atoms with Crippen LogP contribution in [-0.2, 0) is 10.2 Å². The second kappa shape index (κ2) is 8.87. The van der Waals surface area contributed by atoms with E-state index in [2.05, 4.69) is 42.5 Å². The Labute approximate surface area is 211 Å². The molecule has 1 aliphatic rings. The van der Waals surface area contributed by atoms with Crippen LogP contribution in [0.4, 0.5) is 0 Å². The van der Waals surface area contributed by atoms with Gasteiger partial charge in [0.05, 0.1) is 5.57 Å². The van der Waals surface area contributed by atoms with Crippen molar-refractivity contribution >= 4 is 38.7 Å². The maximum atomic E-state index is 14.3. The van der Waals surface area contributed by atoms with Crippen LogP contribution >= 0.6 is 0 Å². The number of Topliss-reactive ketones (excluding diaryl/α,β-unsaturated/α-hetero) is 1. The van der Waals surface area contributed by atoms with Crippen molar-refractivity contribution in [1.82, 2.24) is 9.97 Å². The lowest BCUT2D eigenvalue weighted by atomic mass is 9.77. The molecule has 36 heavy (non-hydrogen) atoms. The van der Waals surface area contributed by atoms with Crippen LogP contribution in [0, 0.1) is 0 Å². The summed E-state index contributed by atoms with van der Waals surface area (Å²) in [7, 11) is 0. The van der Waals surface area contributed by atoms with Crippen molar-refractivity contribution in [3.05, 3.63) is 107 Å². The van der Waals surface area contributed by atoms with E-state index >= 15 is 0 Å². The van der Waals surface area contributed by atoms with Gasteiger partial charge in [0, 0.05) is 62.2 Å². The zero-order chi connectivity index (χ0) is 25.6. The maximum Gasteiger partial charge on any atom is 0.193 e. The number of aromatic nitrogens is 2. The van der Waals surface area contributed by atoms with Gasteiger partial charge < -0.3 is 15.1 Å². The fourth-order valence-electron chi connectivity index (χ4n) is 5.13. The number of para-hydroxylation sites is 2. The highest BCUT2D eigenvalue weighted by molar-refractivity contribution is 6.35. The van der Waals surface area contributed by atoms with E-state index in [1.54, 1.807) is 0 Å². The summed E-state index contributed by atoms with van der Waals surface area (Å²) in [6.45, 7) is 12.2. The van der Waals surface area contributed by atoms with Gasteiger partial charge in [-0.1, -0.05) is 68.0 Å². The second-order valence-corrected chi connectivity index (χ2v) is 10.4. The molecule has 0 saturated heterocycles. The van der Waals surface area contributed by atoms with Crippen LogP contribution in [-0.4, -0.2) is 20.9 Å². The summed E-state index contributed by atoms with van der Waals surface area (Å²) >= 11 is 0. The first-order valence-corrected chi connectivity index (χ1v) is 12.4. The van der Waals surface area contributed by atoms with Crippen LogP contribution in [0.15, 0.2) is 90.4 Å². The number of benzene rings is 2. The smallest absolute Gasteiger partial charge is 0.193 e. The van der Waals surface area contributed by atoms with Gasteiger partial charge in [0.25, 0.3) is 0 Å². The van der Waals surface area contributed by atoms with Crippen molar-refractivity contribution < 1.29 is 9.90 Å². The average molecular weight is 477 g/mol. The molecule has 2 heterocycles. The third-order valence-electron chi connectivity index (χ3n) is 7.24. The molecule has 3 N–H and O–H groups in total. The van der Waals surface area contributed by atoms with Gasteiger partial charge in [0.15, 0.2) is 5.78 Å². The molecule has 0 amide bonds. The van der Waals surface area contributed by atoms with Crippen molar-refractivity contribution in [2.45, 2.75) is 46.0 Å². The molecule has 0 radical (unpaired) electrons. The Morgan fingerprint density at radius 1 is 1.06 bits per heavy atom. The molecule has 2 aromatic heterocycles. The fourth-order valence-corrected chi connectivity index (χ4v) is 5.13. The Hall–Kier alpha value is -4.05. The molecule has 5 rings (SSSR count). The molecule has 4 aromatic rings. The number of hydrogen-bond donors (Lipinski definition) is 3. The summed E-state index contributed by atoms with van der Waals surface area (Å²) in [5.41, 5.74) is 7.26. The van der Waals surface area contributed by atoms with Crippen LogP contribution < -0.4 is 0 Å². The van der Waals surface area contributed by atoms with Crippen molar-refractivity contribution in [2.24, 2.45) is 0 Å². The third-order valence-corrected chi connectivity index (χ3v) is 7.24.